The molecule has 0 spiro atoms. The summed E-state index contributed by atoms with van der Waals surface area (Å²) in [4.78, 5) is 14.7. The zero-order valence-corrected chi connectivity index (χ0v) is 28.9. The van der Waals surface area contributed by atoms with Crippen molar-refractivity contribution in [1.29, 1.82) is 0 Å². The molecule has 1 aliphatic heterocycles. The number of fused-ring (bicyclic) bond motifs is 7. The van der Waals surface area contributed by atoms with Gasteiger partial charge < -0.3 is 14.2 Å². The van der Waals surface area contributed by atoms with Gasteiger partial charge in [0.1, 0.15) is 34.3 Å². The Hall–Kier alpha value is -7.31. The number of amidine groups is 2. The monoisotopic (exact) mass is 694 g/mol. The molecule has 3 aromatic heterocycles. The molecule has 0 fully saturated rings. The van der Waals surface area contributed by atoms with E-state index in [1.807, 2.05) is 54.7 Å². The molecule has 0 aliphatic carbocycles. The lowest BCUT2D eigenvalue weighted by molar-refractivity contribution is 0.667. The van der Waals surface area contributed by atoms with E-state index >= 15 is 0 Å². The largest absolute Gasteiger partial charge is 0.456 e. The zero-order valence-electron chi connectivity index (χ0n) is 28.9. The molecule has 0 bridgehead atoms. The number of hydrogen-bond donors (Lipinski definition) is 1. The molecule has 6 nitrogen and oxygen atoms in total. The Morgan fingerprint density at radius 2 is 1.04 bits per heavy atom. The van der Waals surface area contributed by atoms with Gasteiger partial charge in [0.2, 0.25) is 0 Å². The third kappa shape index (κ3) is 4.85. The second-order valence-electron chi connectivity index (χ2n) is 13.6. The summed E-state index contributed by atoms with van der Waals surface area (Å²) >= 11 is 0. The molecule has 1 atom stereocenters. The lowest BCUT2D eigenvalue weighted by atomic mass is 9.91. The molecule has 1 unspecified atom stereocenters. The summed E-state index contributed by atoms with van der Waals surface area (Å²) in [6, 6.07) is 54.6. The topological polar surface area (TPSA) is 75.9 Å². The van der Waals surface area contributed by atoms with Gasteiger partial charge in [-0.15, -0.1) is 0 Å². The minimum atomic E-state index is -0.326. The van der Waals surface area contributed by atoms with Crippen LogP contribution in [0.5, 0.6) is 0 Å². The van der Waals surface area contributed by atoms with Gasteiger partial charge in [-0.25, -0.2) is 9.98 Å². The molecule has 7 aromatic carbocycles. The number of nitrogens with zero attached hydrogens (tertiary/aromatic N) is 3. The summed E-state index contributed by atoms with van der Waals surface area (Å²) < 4.78 is 12.4. The van der Waals surface area contributed by atoms with Crippen LogP contribution in [0.15, 0.2) is 189 Å². The van der Waals surface area contributed by atoms with Gasteiger partial charge in [0.25, 0.3) is 0 Å². The summed E-state index contributed by atoms with van der Waals surface area (Å²) in [5, 5.41) is 10.2. The highest BCUT2D eigenvalue weighted by atomic mass is 16.3. The van der Waals surface area contributed by atoms with E-state index in [9.17, 15) is 0 Å². The van der Waals surface area contributed by atoms with E-state index in [-0.39, 0.29) is 6.17 Å². The minimum absolute atomic E-state index is 0.326. The highest BCUT2D eigenvalue weighted by Crippen LogP contribution is 2.41. The molecule has 6 heteroatoms. The van der Waals surface area contributed by atoms with Gasteiger partial charge in [-0.2, -0.15) is 0 Å². The van der Waals surface area contributed by atoms with Crippen molar-refractivity contribution >= 4 is 66.3 Å². The van der Waals surface area contributed by atoms with E-state index in [1.54, 1.807) is 6.20 Å². The molecular formula is C48H30N4O2. The second kappa shape index (κ2) is 12.1. The molecule has 0 radical (unpaired) electrons. The Bertz CT molecular complexity index is 3140. The molecular weight excluding hydrogens is 665 g/mol. The predicted octanol–water partition coefficient (Wildman–Crippen LogP) is 11.9. The first-order chi connectivity index (χ1) is 26.8. The van der Waals surface area contributed by atoms with Crippen LogP contribution >= 0.6 is 0 Å². The fourth-order valence-electron chi connectivity index (χ4n) is 7.98. The lowest BCUT2D eigenvalue weighted by Gasteiger charge is -2.24. The van der Waals surface area contributed by atoms with Gasteiger partial charge in [0, 0.05) is 45.1 Å². The lowest BCUT2D eigenvalue weighted by Crippen LogP contribution is -2.33. The Morgan fingerprint density at radius 1 is 0.444 bits per heavy atom. The highest BCUT2D eigenvalue weighted by Gasteiger charge is 2.24. The van der Waals surface area contributed by atoms with Crippen molar-refractivity contribution in [1.82, 2.24) is 10.3 Å². The summed E-state index contributed by atoms with van der Waals surface area (Å²) in [7, 11) is 0. The van der Waals surface area contributed by atoms with Crippen molar-refractivity contribution in [3.05, 3.63) is 187 Å². The molecule has 254 valence electrons. The van der Waals surface area contributed by atoms with Crippen molar-refractivity contribution < 1.29 is 8.83 Å². The summed E-state index contributed by atoms with van der Waals surface area (Å²) in [6.07, 6.45) is 3.27. The van der Waals surface area contributed by atoms with Crippen molar-refractivity contribution in [2.75, 3.05) is 0 Å². The van der Waals surface area contributed by atoms with Crippen LogP contribution in [0.25, 0.3) is 76.9 Å². The van der Waals surface area contributed by atoms with Crippen molar-refractivity contribution in [2.45, 2.75) is 6.17 Å². The third-order valence-corrected chi connectivity index (χ3v) is 10.5. The maximum atomic E-state index is 6.25. The SMILES string of the molecule is c1ccc(C2N=C(c3cccc4oc5ccncc5c34)N=C(c3ccc(-c4cccc5c(-c6cccc7oc8ccccc8c67)cccc45)cc3)N2)cc1. The number of benzene rings is 7. The van der Waals surface area contributed by atoms with Gasteiger partial charge in [0.15, 0.2) is 5.84 Å². The zero-order chi connectivity index (χ0) is 35.6. The third-order valence-electron chi connectivity index (χ3n) is 10.5. The van der Waals surface area contributed by atoms with E-state index in [2.05, 4.69) is 119 Å². The number of hydrogen-bond acceptors (Lipinski definition) is 6. The number of aliphatic imine (C=N–C) groups is 2. The van der Waals surface area contributed by atoms with E-state index in [4.69, 9.17) is 18.8 Å². The Morgan fingerprint density at radius 3 is 1.85 bits per heavy atom. The number of aromatic nitrogens is 1. The second-order valence-corrected chi connectivity index (χ2v) is 13.6. The van der Waals surface area contributed by atoms with Crippen LogP contribution in [-0.4, -0.2) is 16.7 Å². The van der Waals surface area contributed by atoms with Crippen LogP contribution in [0, 0.1) is 0 Å². The molecule has 0 saturated heterocycles. The Labute approximate surface area is 309 Å². The molecule has 1 aliphatic rings. The van der Waals surface area contributed by atoms with Crippen LogP contribution in [-0.2, 0) is 0 Å². The highest BCUT2D eigenvalue weighted by molar-refractivity contribution is 6.22. The fraction of sp³-hybridized carbons (Fsp3) is 0.0208. The van der Waals surface area contributed by atoms with E-state index < -0.39 is 0 Å². The van der Waals surface area contributed by atoms with Crippen LogP contribution in [0.2, 0.25) is 0 Å². The quantitative estimate of drug-likeness (QED) is 0.195. The van der Waals surface area contributed by atoms with Crippen LogP contribution in [0.1, 0.15) is 22.9 Å². The number of furan rings is 2. The smallest absolute Gasteiger partial charge is 0.160 e. The van der Waals surface area contributed by atoms with E-state index in [1.165, 1.54) is 21.9 Å². The predicted molar refractivity (Wildman–Crippen MR) is 219 cm³/mol. The Kier molecular flexibility index (Phi) is 6.82. The van der Waals surface area contributed by atoms with Gasteiger partial charge in [0.05, 0.1) is 0 Å². The number of pyridine rings is 1. The number of para-hydroxylation sites is 1. The summed E-state index contributed by atoms with van der Waals surface area (Å²) in [5.74, 6) is 1.39. The fourth-order valence-corrected chi connectivity index (χ4v) is 7.98. The van der Waals surface area contributed by atoms with Gasteiger partial charge in [-0.05, 0) is 62.9 Å². The van der Waals surface area contributed by atoms with Crippen molar-refractivity contribution in [2.24, 2.45) is 9.98 Å². The molecule has 0 amide bonds. The molecule has 4 heterocycles. The number of nitrogens with one attached hydrogen (secondary N) is 1. The minimum Gasteiger partial charge on any atom is -0.456 e. The van der Waals surface area contributed by atoms with Gasteiger partial charge >= 0.3 is 0 Å². The van der Waals surface area contributed by atoms with Crippen molar-refractivity contribution in [3.8, 4) is 22.3 Å². The average Bonchev–Trinajstić information content (AvgIpc) is 3.82. The first kappa shape index (κ1) is 30.3. The molecule has 11 rings (SSSR count). The number of rotatable bonds is 5. The van der Waals surface area contributed by atoms with Gasteiger partial charge in [-0.3, -0.25) is 4.98 Å². The van der Waals surface area contributed by atoms with Crippen LogP contribution < -0.4 is 5.32 Å². The molecule has 54 heavy (non-hydrogen) atoms. The Balaban J connectivity index is 1.01. The molecule has 10 aromatic rings. The first-order valence-corrected chi connectivity index (χ1v) is 18.0. The van der Waals surface area contributed by atoms with Crippen molar-refractivity contribution in [3.63, 3.8) is 0 Å². The van der Waals surface area contributed by atoms with Crippen LogP contribution in [0.3, 0.4) is 0 Å². The van der Waals surface area contributed by atoms with Crippen LogP contribution in [0.4, 0.5) is 0 Å². The van der Waals surface area contributed by atoms with E-state index in [0.717, 1.165) is 77.5 Å². The maximum Gasteiger partial charge on any atom is 0.160 e. The summed E-state index contributed by atoms with van der Waals surface area (Å²) in [5.41, 5.74) is 10.9. The average molecular weight is 695 g/mol. The first-order valence-electron chi connectivity index (χ1n) is 18.0. The van der Waals surface area contributed by atoms with E-state index in [0.29, 0.717) is 5.84 Å². The normalized spacial score (nSPS) is 14.5. The van der Waals surface area contributed by atoms with Gasteiger partial charge in [-0.1, -0.05) is 133 Å². The summed E-state index contributed by atoms with van der Waals surface area (Å²) in [6.45, 7) is 0. The maximum absolute atomic E-state index is 6.25. The molecule has 1 N–H and O–H groups in total. The standard InChI is InChI=1S/C48H30N4O2/c1-2-10-30(11-3-1)46-50-47(52-48(51-46)38-18-9-21-43-45(38)39-28-49-27-26-41(39)54-43)31-24-22-29(23-25-31)32-13-6-15-34-33(32)14-7-16-35(34)36-17-8-20-42-44(36)37-12-4-5-19-40(37)53-42/h1-28,46H,(H,50,51,52). The molecule has 0 saturated carbocycles.